The monoisotopic (exact) mass is 181 g/mol. The molecule has 1 rings (SSSR count). The number of amides is 1. The lowest BCUT2D eigenvalue weighted by Crippen LogP contribution is -2.24. The highest BCUT2D eigenvalue weighted by atomic mass is 16.1. The highest BCUT2D eigenvalue weighted by Gasteiger charge is 2.64. The Morgan fingerprint density at radius 1 is 1.38 bits per heavy atom. The van der Waals surface area contributed by atoms with Crippen LogP contribution >= 0.6 is 0 Å². The molecule has 74 valence electrons. The second kappa shape index (κ2) is 2.86. The molecular weight excluding hydrogens is 162 g/mol. The lowest BCUT2D eigenvalue weighted by molar-refractivity contribution is -0.116. The van der Waals surface area contributed by atoms with Gasteiger partial charge in [-0.1, -0.05) is 34.3 Å². The first-order valence-corrected chi connectivity index (χ1v) is 4.74. The number of nitrogens with one attached hydrogen (secondary N) is 1. The summed E-state index contributed by atoms with van der Waals surface area (Å²) >= 11 is 0. The molecule has 0 bridgehead atoms. The van der Waals surface area contributed by atoms with E-state index in [0.717, 1.165) is 6.54 Å². The summed E-state index contributed by atoms with van der Waals surface area (Å²) in [5.74, 6) is 0.516. The van der Waals surface area contributed by atoms with Gasteiger partial charge < -0.3 is 5.32 Å². The van der Waals surface area contributed by atoms with Gasteiger partial charge in [-0.15, -0.1) is 0 Å². The third-order valence-corrected chi connectivity index (χ3v) is 3.99. The van der Waals surface area contributed by atoms with E-state index in [2.05, 4.69) is 39.6 Å². The molecule has 1 amide bonds. The van der Waals surface area contributed by atoms with E-state index in [4.69, 9.17) is 0 Å². The second-order valence-corrected chi connectivity index (χ2v) is 4.95. The minimum Gasteiger partial charge on any atom is -0.352 e. The Morgan fingerprint density at radius 2 is 1.85 bits per heavy atom. The summed E-state index contributed by atoms with van der Waals surface area (Å²) in [7, 11) is 0. The molecule has 0 heterocycles. The van der Waals surface area contributed by atoms with Crippen LogP contribution in [0.2, 0.25) is 0 Å². The lowest BCUT2D eigenvalue weighted by atomic mass is 10.0. The predicted octanol–water partition coefficient (Wildman–Crippen LogP) is 1.97. The molecule has 2 nitrogen and oxygen atoms in total. The van der Waals surface area contributed by atoms with Gasteiger partial charge in [0.25, 0.3) is 0 Å². The third kappa shape index (κ3) is 1.50. The van der Waals surface area contributed by atoms with Gasteiger partial charge in [-0.3, -0.25) is 4.79 Å². The van der Waals surface area contributed by atoms with Crippen molar-refractivity contribution in [2.75, 3.05) is 6.54 Å². The van der Waals surface area contributed by atoms with E-state index in [1.807, 2.05) is 0 Å². The van der Waals surface area contributed by atoms with Gasteiger partial charge >= 0.3 is 0 Å². The molecule has 0 spiro atoms. The molecule has 1 aliphatic rings. The number of carbonyl (C=O) groups is 1. The highest BCUT2D eigenvalue weighted by molar-refractivity contribution is 5.86. The van der Waals surface area contributed by atoms with Crippen molar-refractivity contribution < 1.29 is 4.79 Å². The largest absolute Gasteiger partial charge is 0.352 e. The molecule has 0 aliphatic heterocycles. The Balaban J connectivity index is 2.42. The Labute approximate surface area is 80.4 Å². The summed E-state index contributed by atoms with van der Waals surface area (Å²) in [6.45, 7) is 13.2. The smallest absolute Gasteiger partial charge is 0.243 e. The van der Waals surface area contributed by atoms with Gasteiger partial charge in [-0.05, 0) is 22.8 Å². The van der Waals surface area contributed by atoms with Crippen LogP contribution in [-0.2, 0) is 4.79 Å². The summed E-state index contributed by atoms with van der Waals surface area (Å²) < 4.78 is 0. The highest BCUT2D eigenvalue weighted by Crippen LogP contribution is 2.67. The van der Waals surface area contributed by atoms with Crippen LogP contribution in [0.3, 0.4) is 0 Å². The molecule has 1 fully saturated rings. The maximum absolute atomic E-state index is 10.9. The number of hydrogen-bond donors (Lipinski definition) is 1. The normalized spacial score (nSPS) is 23.7. The molecular formula is C11H19NO. The summed E-state index contributed by atoms with van der Waals surface area (Å²) in [6.07, 6.45) is 1.32. The predicted molar refractivity (Wildman–Crippen MR) is 54.3 cm³/mol. The molecule has 0 aromatic carbocycles. The Morgan fingerprint density at radius 3 is 2.15 bits per heavy atom. The Kier molecular flexibility index (Phi) is 2.27. The van der Waals surface area contributed by atoms with Crippen molar-refractivity contribution in [2.45, 2.75) is 27.7 Å². The van der Waals surface area contributed by atoms with Gasteiger partial charge in [0.2, 0.25) is 5.91 Å². The van der Waals surface area contributed by atoms with Crippen LogP contribution in [-0.4, -0.2) is 12.5 Å². The first kappa shape index (κ1) is 10.3. The molecule has 13 heavy (non-hydrogen) atoms. The first-order valence-electron chi connectivity index (χ1n) is 4.74. The van der Waals surface area contributed by atoms with Gasteiger partial charge in [0.15, 0.2) is 0 Å². The summed E-state index contributed by atoms with van der Waals surface area (Å²) in [5, 5.41) is 2.85. The molecule has 0 atom stereocenters. The fourth-order valence-electron chi connectivity index (χ4n) is 2.12. The zero-order valence-electron chi connectivity index (χ0n) is 8.98. The summed E-state index contributed by atoms with van der Waals surface area (Å²) in [4.78, 5) is 10.9. The van der Waals surface area contributed by atoms with E-state index in [-0.39, 0.29) is 5.91 Å². The third-order valence-electron chi connectivity index (χ3n) is 3.99. The van der Waals surface area contributed by atoms with Crippen LogP contribution in [0.25, 0.3) is 0 Å². The number of carbonyl (C=O) groups excluding carboxylic acids is 1. The SMILES string of the molecule is C=CC(=O)NCC1C(C)(C)C1(C)C. The number of rotatable bonds is 3. The molecule has 0 saturated heterocycles. The zero-order chi connectivity index (χ0) is 10.3. The maximum Gasteiger partial charge on any atom is 0.243 e. The zero-order valence-corrected chi connectivity index (χ0v) is 8.98. The van der Waals surface area contributed by atoms with Gasteiger partial charge in [-0.2, -0.15) is 0 Å². The van der Waals surface area contributed by atoms with E-state index >= 15 is 0 Å². The van der Waals surface area contributed by atoms with E-state index in [0.29, 0.717) is 16.7 Å². The maximum atomic E-state index is 10.9. The van der Waals surface area contributed by atoms with Gasteiger partial charge in [0, 0.05) is 6.54 Å². The minimum absolute atomic E-state index is 0.0708. The minimum atomic E-state index is -0.0708. The van der Waals surface area contributed by atoms with Crippen LogP contribution in [0.5, 0.6) is 0 Å². The summed E-state index contributed by atoms with van der Waals surface area (Å²) in [5.41, 5.74) is 0.697. The van der Waals surface area contributed by atoms with E-state index in [1.165, 1.54) is 6.08 Å². The average Bonchev–Trinajstić information content (AvgIpc) is 2.40. The summed E-state index contributed by atoms with van der Waals surface area (Å²) in [6, 6.07) is 0. The molecule has 1 saturated carbocycles. The van der Waals surface area contributed by atoms with Crippen LogP contribution in [0.1, 0.15) is 27.7 Å². The van der Waals surface area contributed by atoms with E-state index in [1.54, 1.807) is 0 Å². The standard InChI is InChI=1S/C11H19NO/c1-6-9(13)12-7-8-10(2,3)11(8,4)5/h6,8H,1,7H2,2-5H3,(H,12,13). The van der Waals surface area contributed by atoms with Crippen LogP contribution < -0.4 is 5.32 Å². The van der Waals surface area contributed by atoms with Crippen molar-refractivity contribution >= 4 is 5.91 Å². The van der Waals surface area contributed by atoms with Crippen LogP contribution in [0, 0.1) is 16.7 Å². The molecule has 1 aliphatic carbocycles. The number of hydrogen-bond acceptors (Lipinski definition) is 1. The second-order valence-electron chi connectivity index (χ2n) is 4.95. The van der Waals surface area contributed by atoms with Crippen molar-refractivity contribution in [3.63, 3.8) is 0 Å². The molecule has 0 aromatic heterocycles. The van der Waals surface area contributed by atoms with Crippen molar-refractivity contribution in [3.8, 4) is 0 Å². The van der Waals surface area contributed by atoms with Crippen LogP contribution in [0.15, 0.2) is 12.7 Å². The van der Waals surface area contributed by atoms with Crippen molar-refractivity contribution in [1.82, 2.24) is 5.32 Å². The van der Waals surface area contributed by atoms with Crippen LogP contribution in [0.4, 0.5) is 0 Å². The average molecular weight is 181 g/mol. The van der Waals surface area contributed by atoms with Gasteiger partial charge in [0.1, 0.15) is 0 Å². The fourth-order valence-corrected chi connectivity index (χ4v) is 2.12. The van der Waals surface area contributed by atoms with Crippen molar-refractivity contribution in [1.29, 1.82) is 0 Å². The Bertz CT molecular complexity index is 226. The molecule has 2 heteroatoms. The van der Waals surface area contributed by atoms with Crippen molar-refractivity contribution in [3.05, 3.63) is 12.7 Å². The topological polar surface area (TPSA) is 29.1 Å². The van der Waals surface area contributed by atoms with Gasteiger partial charge in [0.05, 0.1) is 0 Å². The molecule has 0 aromatic rings. The van der Waals surface area contributed by atoms with Crippen molar-refractivity contribution in [2.24, 2.45) is 16.7 Å². The van der Waals surface area contributed by atoms with E-state index in [9.17, 15) is 4.79 Å². The lowest BCUT2D eigenvalue weighted by Gasteiger charge is -2.04. The molecule has 0 radical (unpaired) electrons. The first-order chi connectivity index (χ1) is 5.84. The van der Waals surface area contributed by atoms with Gasteiger partial charge in [-0.25, -0.2) is 0 Å². The van der Waals surface area contributed by atoms with E-state index < -0.39 is 0 Å². The Hall–Kier alpha value is -0.790. The molecule has 0 unspecified atom stereocenters. The fraction of sp³-hybridized carbons (Fsp3) is 0.727. The quantitative estimate of drug-likeness (QED) is 0.663. The molecule has 1 N–H and O–H groups in total.